The highest BCUT2D eigenvalue weighted by Gasteiger charge is 2.38. The molecule has 0 bridgehead atoms. The molecule has 2 N–H and O–H groups in total. The Kier molecular flexibility index (Phi) is 4.82. The molecule has 106 valence electrons. The van der Waals surface area contributed by atoms with Crippen LogP contribution in [0.3, 0.4) is 0 Å². The van der Waals surface area contributed by atoms with Crippen LogP contribution in [0, 0.1) is 11.3 Å². The third-order valence-electron chi connectivity index (χ3n) is 4.29. The van der Waals surface area contributed by atoms with Crippen molar-refractivity contribution in [2.24, 2.45) is 17.1 Å². The molecule has 0 amide bonds. The van der Waals surface area contributed by atoms with Gasteiger partial charge in [-0.05, 0) is 43.4 Å². The van der Waals surface area contributed by atoms with E-state index in [1.807, 2.05) is 13.8 Å². The normalized spacial score (nSPS) is 27.9. The average molecular weight is 255 g/mol. The van der Waals surface area contributed by atoms with Gasteiger partial charge in [-0.1, -0.05) is 34.6 Å². The van der Waals surface area contributed by atoms with Gasteiger partial charge in [0.25, 0.3) is 0 Å². The fourth-order valence-electron chi connectivity index (χ4n) is 3.16. The molecule has 2 atom stereocenters. The molecule has 1 fully saturated rings. The van der Waals surface area contributed by atoms with Crippen LogP contribution in [0.5, 0.6) is 0 Å². The minimum atomic E-state index is -0.801. The number of hydrogen-bond donors (Lipinski definition) is 1. The molecular formula is C15H29NO2. The first-order valence-electron chi connectivity index (χ1n) is 7.22. The summed E-state index contributed by atoms with van der Waals surface area (Å²) in [6.45, 7) is 10.6. The molecule has 0 saturated heterocycles. The number of ether oxygens (including phenoxy) is 1. The van der Waals surface area contributed by atoms with Crippen LogP contribution in [0.4, 0.5) is 0 Å². The van der Waals surface area contributed by atoms with Gasteiger partial charge in [0.1, 0.15) is 11.6 Å². The van der Waals surface area contributed by atoms with Crippen molar-refractivity contribution in [3.05, 3.63) is 0 Å². The zero-order chi connectivity index (χ0) is 14.0. The Labute approximate surface area is 111 Å². The van der Waals surface area contributed by atoms with E-state index >= 15 is 0 Å². The first-order valence-corrected chi connectivity index (χ1v) is 7.22. The smallest absolute Gasteiger partial charge is 0.326 e. The summed E-state index contributed by atoms with van der Waals surface area (Å²) in [5, 5.41) is 0. The lowest BCUT2D eigenvalue weighted by Crippen LogP contribution is -2.50. The molecule has 0 heterocycles. The van der Waals surface area contributed by atoms with E-state index in [0.717, 1.165) is 12.8 Å². The molecule has 1 aliphatic carbocycles. The molecule has 1 aliphatic rings. The van der Waals surface area contributed by atoms with E-state index in [1.54, 1.807) is 0 Å². The van der Waals surface area contributed by atoms with Crippen molar-refractivity contribution < 1.29 is 9.53 Å². The average Bonchev–Trinajstić information content (AvgIpc) is 2.24. The molecular weight excluding hydrogens is 226 g/mol. The molecule has 0 spiro atoms. The Hall–Kier alpha value is -0.570. The highest BCUT2D eigenvalue weighted by Crippen LogP contribution is 2.40. The van der Waals surface area contributed by atoms with Crippen LogP contribution < -0.4 is 5.73 Å². The van der Waals surface area contributed by atoms with Crippen LogP contribution in [0.25, 0.3) is 0 Å². The van der Waals surface area contributed by atoms with Gasteiger partial charge in [-0.15, -0.1) is 0 Å². The van der Waals surface area contributed by atoms with Gasteiger partial charge in [0, 0.05) is 0 Å². The molecule has 0 aromatic rings. The fourth-order valence-corrected chi connectivity index (χ4v) is 3.16. The predicted molar refractivity (Wildman–Crippen MR) is 74.2 cm³/mol. The second-order valence-electron chi connectivity index (χ2n) is 6.80. The Bertz CT molecular complexity index is 295. The molecule has 0 aliphatic heterocycles. The van der Waals surface area contributed by atoms with Gasteiger partial charge in [0.2, 0.25) is 0 Å². The first-order chi connectivity index (χ1) is 8.22. The lowest BCUT2D eigenvalue weighted by atomic mass is 9.71. The summed E-state index contributed by atoms with van der Waals surface area (Å²) in [7, 11) is 0. The van der Waals surface area contributed by atoms with Crippen molar-refractivity contribution in [3.63, 3.8) is 0 Å². The molecule has 0 aromatic carbocycles. The number of nitrogens with two attached hydrogens (primary N) is 1. The van der Waals surface area contributed by atoms with Gasteiger partial charge in [0.05, 0.1) is 0 Å². The molecule has 18 heavy (non-hydrogen) atoms. The summed E-state index contributed by atoms with van der Waals surface area (Å²) in [5.41, 5.74) is 5.55. The van der Waals surface area contributed by atoms with E-state index in [-0.39, 0.29) is 17.5 Å². The second-order valence-corrected chi connectivity index (χ2v) is 6.80. The van der Waals surface area contributed by atoms with Gasteiger partial charge in [-0.25, -0.2) is 0 Å². The van der Waals surface area contributed by atoms with Gasteiger partial charge in [0.15, 0.2) is 0 Å². The standard InChI is InChI=1S/C15H29NO2/c1-6-15(16,7-2)13(17)18-12-8-11(3)9-14(4,5)10-12/h11-12H,6-10,16H2,1-5H3. The van der Waals surface area contributed by atoms with Crippen LogP contribution >= 0.6 is 0 Å². The molecule has 1 saturated carbocycles. The zero-order valence-electron chi connectivity index (χ0n) is 12.6. The summed E-state index contributed by atoms with van der Waals surface area (Å²) in [6, 6.07) is 0. The quantitative estimate of drug-likeness (QED) is 0.784. The fraction of sp³-hybridized carbons (Fsp3) is 0.933. The SMILES string of the molecule is CCC(N)(CC)C(=O)OC1CC(C)CC(C)(C)C1. The molecule has 2 unspecified atom stereocenters. The topological polar surface area (TPSA) is 52.3 Å². The van der Waals surface area contributed by atoms with Crippen LogP contribution in [0.1, 0.15) is 66.7 Å². The number of carbonyl (C=O) groups is 1. The number of carbonyl (C=O) groups excluding carboxylic acids is 1. The Morgan fingerprint density at radius 1 is 1.33 bits per heavy atom. The van der Waals surface area contributed by atoms with E-state index in [4.69, 9.17) is 10.5 Å². The summed E-state index contributed by atoms with van der Waals surface area (Å²) < 4.78 is 5.68. The Balaban J connectivity index is 2.64. The van der Waals surface area contributed by atoms with Crippen molar-refractivity contribution in [1.29, 1.82) is 0 Å². The van der Waals surface area contributed by atoms with Gasteiger partial charge < -0.3 is 10.5 Å². The lowest BCUT2D eigenvalue weighted by Gasteiger charge is -2.39. The molecule has 3 nitrogen and oxygen atoms in total. The summed E-state index contributed by atoms with van der Waals surface area (Å²) >= 11 is 0. The highest BCUT2D eigenvalue weighted by atomic mass is 16.5. The monoisotopic (exact) mass is 255 g/mol. The van der Waals surface area contributed by atoms with E-state index in [9.17, 15) is 4.79 Å². The molecule has 0 aromatic heterocycles. The molecule has 0 radical (unpaired) electrons. The highest BCUT2D eigenvalue weighted by molar-refractivity contribution is 5.80. The predicted octanol–water partition coefficient (Wildman–Crippen LogP) is 3.26. The zero-order valence-corrected chi connectivity index (χ0v) is 12.6. The maximum atomic E-state index is 12.2. The van der Waals surface area contributed by atoms with Crippen molar-refractivity contribution in [2.45, 2.75) is 78.4 Å². The summed E-state index contributed by atoms with van der Waals surface area (Å²) in [4.78, 5) is 12.2. The van der Waals surface area contributed by atoms with Gasteiger partial charge >= 0.3 is 5.97 Å². The molecule has 3 heteroatoms. The maximum absolute atomic E-state index is 12.2. The molecule has 1 rings (SSSR count). The number of hydrogen-bond acceptors (Lipinski definition) is 3. The number of rotatable bonds is 4. The Morgan fingerprint density at radius 3 is 2.33 bits per heavy atom. The van der Waals surface area contributed by atoms with Crippen LogP contribution in [0.2, 0.25) is 0 Å². The second kappa shape index (κ2) is 5.60. The van der Waals surface area contributed by atoms with Crippen molar-refractivity contribution in [1.82, 2.24) is 0 Å². The van der Waals surface area contributed by atoms with Crippen molar-refractivity contribution in [3.8, 4) is 0 Å². The summed E-state index contributed by atoms with van der Waals surface area (Å²) in [5.74, 6) is 0.393. The van der Waals surface area contributed by atoms with Crippen LogP contribution in [0.15, 0.2) is 0 Å². The minimum Gasteiger partial charge on any atom is -0.461 e. The van der Waals surface area contributed by atoms with E-state index in [2.05, 4.69) is 20.8 Å². The first kappa shape index (κ1) is 15.5. The van der Waals surface area contributed by atoms with Crippen molar-refractivity contribution >= 4 is 5.97 Å². The third kappa shape index (κ3) is 3.71. The van der Waals surface area contributed by atoms with E-state index in [1.165, 1.54) is 6.42 Å². The minimum absolute atomic E-state index is 0.0391. The maximum Gasteiger partial charge on any atom is 0.326 e. The number of esters is 1. The Morgan fingerprint density at radius 2 is 1.89 bits per heavy atom. The summed E-state index contributed by atoms with van der Waals surface area (Å²) in [6.07, 6.45) is 4.43. The van der Waals surface area contributed by atoms with Crippen molar-refractivity contribution in [2.75, 3.05) is 0 Å². The van der Waals surface area contributed by atoms with E-state index in [0.29, 0.717) is 18.8 Å². The largest absolute Gasteiger partial charge is 0.461 e. The van der Waals surface area contributed by atoms with E-state index < -0.39 is 5.54 Å². The lowest BCUT2D eigenvalue weighted by molar-refractivity contribution is -0.160. The van der Waals surface area contributed by atoms with Gasteiger partial charge in [-0.3, -0.25) is 4.79 Å². The third-order valence-corrected chi connectivity index (χ3v) is 4.29. The van der Waals surface area contributed by atoms with Crippen LogP contribution in [-0.2, 0) is 9.53 Å². The van der Waals surface area contributed by atoms with Gasteiger partial charge in [-0.2, -0.15) is 0 Å². The van der Waals surface area contributed by atoms with Crippen LogP contribution in [-0.4, -0.2) is 17.6 Å².